The molecule has 104 valence electrons. The Labute approximate surface area is 126 Å². The third-order valence-electron chi connectivity index (χ3n) is 3.84. The molecule has 0 amide bonds. The predicted molar refractivity (Wildman–Crippen MR) is 80.1 cm³/mol. The van der Waals surface area contributed by atoms with Gasteiger partial charge in [-0.25, -0.2) is 4.39 Å². The van der Waals surface area contributed by atoms with Gasteiger partial charge in [-0.15, -0.1) is 11.3 Å². The highest BCUT2D eigenvalue weighted by Crippen LogP contribution is 2.36. The number of benzene rings is 1. The molecule has 2 aromatic rings. The molecule has 0 saturated heterocycles. The van der Waals surface area contributed by atoms with Crippen molar-refractivity contribution in [3.63, 3.8) is 0 Å². The van der Waals surface area contributed by atoms with E-state index in [0.29, 0.717) is 5.56 Å². The van der Waals surface area contributed by atoms with Gasteiger partial charge in [0.15, 0.2) is 0 Å². The second kappa shape index (κ2) is 5.66. The lowest BCUT2D eigenvalue weighted by Gasteiger charge is -2.21. The summed E-state index contributed by atoms with van der Waals surface area (Å²) in [6, 6.07) is 6.68. The fraction of sp³-hybridized carbons (Fsp3) is 0.312. The summed E-state index contributed by atoms with van der Waals surface area (Å²) in [5, 5.41) is 2.12. The van der Waals surface area contributed by atoms with Crippen LogP contribution in [0.2, 0.25) is 5.02 Å². The number of hydrogen-bond donors (Lipinski definition) is 0. The Kier molecular flexibility index (Phi) is 3.90. The molecule has 3 rings (SSSR count). The molecule has 1 aromatic heterocycles. The predicted octanol–water partition coefficient (Wildman–Crippen LogP) is 4.77. The average molecular weight is 309 g/mol. The molecule has 1 heterocycles. The molecule has 1 aromatic carbocycles. The molecule has 0 fully saturated rings. The molecular formula is C16H14ClFOS. The Bertz CT molecular complexity index is 650. The van der Waals surface area contributed by atoms with E-state index >= 15 is 0 Å². The minimum Gasteiger partial charge on any atom is -0.299 e. The van der Waals surface area contributed by atoms with Crippen LogP contribution in [-0.2, 0) is 17.6 Å². The van der Waals surface area contributed by atoms with Gasteiger partial charge in [-0.2, -0.15) is 0 Å². The Morgan fingerprint density at radius 2 is 2.25 bits per heavy atom. The van der Waals surface area contributed by atoms with Crippen LogP contribution in [-0.4, -0.2) is 5.78 Å². The SMILES string of the molecule is O=C(Cc1cccc(F)c1Cl)C1CCCc2sccc21. The molecule has 20 heavy (non-hydrogen) atoms. The van der Waals surface area contributed by atoms with Gasteiger partial charge in [0.2, 0.25) is 0 Å². The first-order chi connectivity index (χ1) is 9.66. The summed E-state index contributed by atoms with van der Waals surface area (Å²) in [6.45, 7) is 0. The molecule has 0 spiro atoms. The Morgan fingerprint density at radius 1 is 1.40 bits per heavy atom. The summed E-state index contributed by atoms with van der Waals surface area (Å²) < 4.78 is 13.4. The van der Waals surface area contributed by atoms with E-state index in [2.05, 4.69) is 6.07 Å². The van der Waals surface area contributed by atoms with Crippen LogP contribution in [0.1, 0.15) is 34.8 Å². The van der Waals surface area contributed by atoms with Gasteiger partial charge in [-0.1, -0.05) is 23.7 Å². The number of halogens is 2. The van der Waals surface area contributed by atoms with E-state index in [-0.39, 0.29) is 23.1 Å². The normalized spacial score (nSPS) is 17.8. The van der Waals surface area contributed by atoms with Crippen molar-refractivity contribution in [3.05, 3.63) is 56.5 Å². The maximum Gasteiger partial charge on any atom is 0.144 e. The maximum absolute atomic E-state index is 13.4. The van der Waals surface area contributed by atoms with E-state index in [1.165, 1.54) is 16.5 Å². The van der Waals surface area contributed by atoms with E-state index < -0.39 is 5.82 Å². The quantitative estimate of drug-likeness (QED) is 0.798. The van der Waals surface area contributed by atoms with Crippen molar-refractivity contribution in [1.82, 2.24) is 0 Å². The van der Waals surface area contributed by atoms with Crippen LogP contribution < -0.4 is 0 Å². The van der Waals surface area contributed by atoms with Crippen LogP contribution in [0, 0.1) is 5.82 Å². The van der Waals surface area contributed by atoms with E-state index in [4.69, 9.17) is 11.6 Å². The zero-order valence-corrected chi connectivity index (χ0v) is 12.4. The first kappa shape index (κ1) is 13.8. The summed E-state index contributed by atoms with van der Waals surface area (Å²) in [4.78, 5) is 13.8. The molecule has 4 heteroatoms. The lowest BCUT2D eigenvalue weighted by atomic mass is 9.83. The highest BCUT2D eigenvalue weighted by Gasteiger charge is 2.27. The number of ketones is 1. The van der Waals surface area contributed by atoms with Gasteiger partial charge in [0.25, 0.3) is 0 Å². The topological polar surface area (TPSA) is 17.1 Å². The van der Waals surface area contributed by atoms with Gasteiger partial charge in [0, 0.05) is 17.2 Å². The van der Waals surface area contributed by atoms with Crippen molar-refractivity contribution in [2.45, 2.75) is 31.6 Å². The first-order valence-electron chi connectivity index (χ1n) is 6.68. The summed E-state index contributed by atoms with van der Waals surface area (Å²) in [5.41, 5.74) is 1.75. The second-order valence-corrected chi connectivity index (χ2v) is 6.48. The van der Waals surface area contributed by atoms with Crippen LogP contribution in [0.5, 0.6) is 0 Å². The van der Waals surface area contributed by atoms with Crippen LogP contribution in [0.4, 0.5) is 4.39 Å². The smallest absolute Gasteiger partial charge is 0.144 e. The molecule has 1 nitrogen and oxygen atoms in total. The van der Waals surface area contributed by atoms with Gasteiger partial charge < -0.3 is 0 Å². The average Bonchev–Trinajstić information content (AvgIpc) is 2.92. The van der Waals surface area contributed by atoms with Gasteiger partial charge >= 0.3 is 0 Å². The number of aryl methyl sites for hydroxylation is 1. The number of fused-ring (bicyclic) bond motifs is 1. The molecule has 1 aliphatic rings. The van der Waals surface area contributed by atoms with E-state index in [1.54, 1.807) is 23.5 Å². The minimum atomic E-state index is -0.461. The minimum absolute atomic E-state index is 0.0515. The van der Waals surface area contributed by atoms with Crippen molar-refractivity contribution in [1.29, 1.82) is 0 Å². The van der Waals surface area contributed by atoms with E-state index in [1.807, 2.05) is 5.38 Å². The molecule has 0 saturated carbocycles. The Hall–Kier alpha value is -1.19. The molecule has 0 radical (unpaired) electrons. The molecule has 1 aliphatic carbocycles. The summed E-state index contributed by atoms with van der Waals surface area (Å²) in [6.07, 6.45) is 3.20. The highest BCUT2D eigenvalue weighted by molar-refractivity contribution is 7.10. The van der Waals surface area contributed by atoms with Crippen molar-refractivity contribution in [2.75, 3.05) is 0 Å². The molecule has 0 N–H and O–H groups in total. The number of rotatable bonds is 3. The van der Waals surface area contributed by atoms with E-state index in [0.717, 1.165) is 19.3 Å². The zero-order valence-electron chi connectivity index (χ0n) is 10.9. The van der Waals surface area contributed by atoms with Crippen molar-refractivity contribution in [3.8, 4) is 0 Å². The summed E-state index contributed by atoms with van der Waals surface area (Å²) >= 11 is 7.65. The fourth-order valence-corrected chi connectivity index (χ4v) is 4.00. The fourth-order valence-electron chi connectivity index (χ4n) is 2.82. The lowest BCUT2D eigenvalue weighted by Crippen LogP contribution is -2.19. The monoisotopic (exact) mass is 308 g/mol. The van der Waals surface area contributed by atoms with Crippen LogP contribution >= 0.6 is 22.9 Å². The molecule has 1 unspecified atom stereocenters. The Morgan fingerprint density at radius 3 is 3.10 bits per heavy atom. The first-order valence-corrected chi connectivity index (χ1v) is 7.94. The van der Waals surface area contributed by atoms with E-state index in [9.17, 15) is 9.18 Å². The van der Waals surface area contributed by atoms with Crippen molar-refractivity contribution >= 4 is 28.7 Å². The van der Waals surface area contributed by atoms with Crippen LogP contribution in [0.3, 0.4) is 0 Å². The van der Waals surface area contributed by atoms with Gasteiger partial charge in [-0.3, -0.25) is 4.79 Å². The van der Waals surface area contributed by atoms with Gasteiger partial charge in [0.1, 0.15) is 11.6 Å². The van der Waals surface area contributed by atoms with Crippen LogP contribution in [0.25, 0.3) is 0 Å². The van der Waals surface area contributed by atoms with Crippen LogP contribution in [0.15, 0.2) is 29.6 Å². The van der Waals surface area contributed by atoms with Gasteiger partial charge in [-0.05, 0) is 47.9 Å². The molecule has 0 aliphatic heterocycles. The Balaban J connectivity index is 1.83. The standard InChI is InChI=1S/C16H14ClFOS/c17-16-10(3-1-5-13(16)18)9-14(19)11-4-2-6-15-12(11)7-8-20-15/h1,3,5,7-8,11H,2,4,6,9H2. The second-order valence-electron chi connectivity index (χ2n) is 5.10. The summed E-state index contributed by atoms with van der Waals surface area (Å²) in [7, 11) is 0. The zero-order chi connectivity index (χ0) is 14.1. The largest absolute Gasteiger partial charge is 0.299 e. The van der Waals surface area contributed by atoms with Crippen molar-refractivity contribution < 1.29 is 9.18 Å². The number of thiophene rings is 1. The number of carbonyl (C=O) groups excluding carboxylic acids is 1. The third kappa shape index (κ3) is 2.52. The van der Waals surface area contributed by atoms with Crippen molar-refractivity contribution in [2.24, 2.45) is 0 Å². The molecule has 1 atom stereocenters. The third-order valence-corrected chi connectivity index (χ3v) is 5.26. The molecular weight excluding hydrogens is 295 g/mol. The number of hydrogen-bond acceptors (Lipinski definition) is 2. The maximum atomic E-state index is 13.4. The number of carbonyl (C=O) groups is 1. The lowest BCUT2D eigenvalue weighted by molar-refractivity contribution is -0.120. The molecule has 0 bridgehead atoms. The summed E-state index contributed by atoms with van der Waals surface area (Å²) in [5.74, 6) is -0.377. The number of Topliss-reactive ketones (excluding diaryl/α,β-unsaturated/α-hetero) is 1. The highest BCUT2D eigenvalue weighted by atomic mass is 35.5. The van der Waals surface area contributed by atoms with Gasteiger partial charge in [0.05, 0.1) is 5.02 Å².